The van der Waals surface area contributed by atoms with Gasteiger partial charge in [0, 0.05) is 32.5 Å². The Balaban J connectivity index is 2.17. The predicted molar refractivity (Wildman–Crippen MR) is 89.4 cm³/mol. The molecule has 0 saturated carbocycles. The van der Waals surface area contributed by atoms with E-state index in [-0.39, 0.29) is 0 Å². The first kappa shape index (κ1) is 16.2. The van der Waals surface area contributed by atoms with E-state index in [2.05, 4.69) is 29.6 Å². The Kier molecular flexibility index (Phi) is 4.95. The summed E-state index contributed by atoms with van der Waals surface area (Å²) in [4.78, 5) is 8.44. The van der Waals surface area contributed by atoms with Crippen molar-refractivity contribution in [1.82, 2.24) is 14.5 Å². The predicted octanol–water partition coefficient (Wildman–Crippen LogP) is 2.57. The van der Waals surface area contributed by atoms with Crippen molar-refractivity contribution in [2.75, 3.05) is 6.61 Å². The fourth-order valence-corrected chi connectivity index (χ4v) is 2.79. The summed E-state index contributed by atoms with van der Waals surface area (Å²) in [5.41, 5.74) is 7.11. The number of nitrogens with two attached hydrogens (primary N) is 1. The van der Waals surface area contributed by atoms with Gasteiger partial charge in [-0.1, -0.05) is 19.6 Å². The summed E-state index contributed by atoms with van der Waals surface area (Å²) < 4.78 is 7.66. The minimum absolute atomic E-state index is 0.338. The van der Waals surface area contributed by atoms with Gasteiger partial charge in [0.05, 0.1) is 11.3 Å². The Morgan fingerprint density at radius 3 is 2.86 bits per heavy atom. The van der Waals surface area contributed by atoms with E-state index in [1.165, 1.54) is 12.5 Å². The molecule has 7 heteroatoms. The first-order valence-electron chi connectivity index (χ1n) is 7.16. The fourth-order valence-electron chi connectivity index (χ4n) is 2.03. The molecule has 2 aromatic rings. The van der Waals surface area contributed by atoms with Crippen molar-refractivity contribution in [2.24, 2.45) is 5.73 Å². The first-order valence-corrected chi connectivity index (χ1v) is 10.9. The summed E-state index contributed by atoms with van der Waals surface area (Å²) in [7, 11) is -1.08. The summed E-state index contributed by atoms with van der Waals surface area (Å²) in [5.74, 6) is 0. The van der Waals surface area contributed by atoms with E-state index in [1.54, 1.807) is 0 Å². The molecule has 0 atom stereocenters. The zero-order valence-electron chi connectivity index (χ0n) is 13.2. The van der Waals surface area contributed by atoms with Gasteiger partial charge < -0.3 is 15.0 Å². The van der Waals surface area contributed by atoms with Gasteiger partial charge in [-0.05, 0) is 12.1 Å². The maximum Gasteiger partial charge on any atom is 0.145 e. The van der Waals surface area contributed by atoms with Gasteiger partial charge in [0.2, 0.25) is 0 Å². The molecule has 2 aromatic heterocycles. The summed E-state index contributed by atoms with van der Waals surface area (Å²) in [6.45, 7) is 8.16. The van der Waals surface area contributed by atoms with Gasteiger partial charge in [0.15, 0.2) is 0 Å². The first-order chi connectivity index (χ1) is 10.5. The molecule has 0 aromatic carbocycles. The van der Waals surface area contributed by atoms with Crippen LogP contribution in [-0.4, -0.2) is 29.2 Å². The summed E-state index contributed by atoms with van der Waals surface area (Å²) >= 11 is 0. The van der Waals surface area contributed by atoms with Crippen molar-refractivity contribution in [1.29, 1.82) is 5.26 Å². The van der Waals surface area contributed by atoms with Crippen LogP contribution < -0.4 is 5.73 Å². The van der Waals surface area contributed by atoms with E-state index < -0.39 is 8.07 Å². The number of allylic oxidation sites excluding steroid dienone is 1. The van der Waals surface area contributed by atoms with Gasteiger partial charge in [-0.3, -0.25) is 0 Å². The van der Waals surface area contributed by atoms with Gasteiger partial charge >= 0.3 is 0 Å². The third kappa shape index (κ3) is 3.72. The van der Waals surface area contributed by atoms with E-state index >= 15 is 0 Å². The second kappa shape index (κ2) is 6.73. The van der Waals surface area contributed by atoms with E-state index in [0.717, 1.165) is 23.7 Å². The molecule has 0 aliphatic rings. The molecular weight excluding hydrogens is 294 g/mol. The number of hydrogen-bond acceptors (Lipinski definition) is 5. The molecule has 0 spiro atoms. The van der Waals surface area contributed by atoms with Crippen LogP contribution in [0.5, 0.6) is 0 Å². The van der Waals surface area contributed by atoms with E-state index in [4.69, 9.17) is 15.7 Å². The van der Waals surface area contributed by atoms with Gasteiger partial charge in [0.25, 0.3) is 0 Å². The van der Waals surface area contributed by atoms with E-state index in [9.17, 15) is 0 Å². The molecule has 0 bridgehead atoms. The zero-order valence-corrected chi connectivity index (χ0v) is 14.2. The van der Waals surface area contributed by atoms with Crippen LogP contribution in [-0.2, 0) is 11.5 Å². The molecular formula is C15H21N5OSi. The highest BCUT2D eigenvalue weighted by Crippen LogP contribution is 2.21. The van der Waals surface area contributed by atoms with E-state index in [1.807, 2.05) is 22.9 Å². The maximum absolute atomic E-state index is 9.11. The lowest BCUT2D eigenvalue weighted by atomic mass is 10.1. The molecule has 0 aliphatic carbocycles. The number of nitriles is 1. The van der Waals surface area contributed by atoms with Crippen LogP contribution in [0.3, 0.4) is 0 Å². The molecule has 0 aliphatic heterocycles. The van der Waals surface area contributed by atoms with E-state index in [0.29, 0.717) is 18.0 Å². The average Bonchev–Trinajstić information content (AvgIpc) is 2.88. The lowest BCUT2D eigenvalue weighted by Gasteiger charge is -2.15. The number of fused-ring (bicyclic) bond motifs is 1. The van der Waals surface area contributed by atoms with Crippen molar-refractivity contribution in [3.05, 3.63) is 30.5 Å². The fraction of sp³-hybridized carbons (Fsp3) is 0.400. The number of ether oxygens (including phenoxy) is 1. The van der Waals surface area contributed by atoms with Crippen LogP contribution in [0.2, 0.25) is 25.7 Å². The highest BCUT2D eigenvalue weighted by molar-refractivity contribution is 6.76. The molecule has 0 amide bonds. The third-order valence-electron chi connectivity index (χ3n) is 3.33. The Morgan fingerprint density at radius 2 is 2.23 bits per heavy atom. The van der Waals surface area contributed by atoms with Gasteiger partial charge in [-0.15, -0.1) is 0 Å². The van der Waals surface area contributed by atoms with Gasteiger partial charge in [-0.25, -0.2) is 9.97 Å². The monoisotopic (exact) mass is 315 g/mol. The second-order valence-electron chi connectivity index (χ2n) is 6.29. The lowest BCUT2D eigenvalue weighted by Crippen LogP contribution is -2.22. The Bertz CT molecular complexity index is 724. The Labute approximate surface area is 131 Å². The third-order valence-corrected chi connectivity index (χ3v) is 5.03. The molecule has 22 heavy (non-hydrogen) atoms. The molecule has 6 nitrogen and oxygen atoms in total. The Hall–Kier alpha value is -2.17. The van der Waals surface area contributed by atoms with Crippen molar-refractivity contribution in [3.8, 4) is 6.07 Å². The average molecular weight is 315 g/mol. The van der Waals surface area contributed by atoms with Crippen LogP contribution in [0.15, 0.2) is 24.8 Å². The molecule has 2 rings (SSSR count). The summed E-state index contributed by atoms with van der Waals surface area (Å²) in [5, 5.41) is 9.91. The minimum atomic E-state index is -1.08. The SMILES string of the molecule is C[Si](C)(C)CCOCn1ccc2c(C(C#N)=CN)ncnc21. The van der Waals surface area contributed by atoms with Crippen molar-refractivity contribution in [3.63, 3.8) is 0 Å². The van der Waals surface area contributed by atoms with Crippen LogP contribution >= 0.6 is 0 Å². The zero-order chi connectivity index (χ0) is 16.2. The maximum atomic E-state index is 9.11. The molecule has 2 N–H and O–H groups in total. The number of hydrogen-bond donors (Lipinski definition) is 1. The van der Waals surface area contributed by atoms with Crippen LogP contribution in [0, 0.1) is 11.3 Å². The molecule has 0 unspecified atom stereocenters. The lowest BCUT2D eigenvalue weighted by molar-refractivity contribution is 0.0899. The quantitative estimate of drug-likeness (QED) is 0.502. The van der Waals surface area contributed by atoms with Crippen molar-refractivity contribution >= 4 is 24.7 Å². The van der Waals surface area contributed by atoms with Crippen LogP contribution in [0.1, 0.15) is 5.69 Å². The van der Waals surface area contributed by atoms with Gasteiger partial charge in [0.1, 0.15) is 24.8 Å². The van der Waals surface area contributed by atoms with Crippen molar-refractivity contribution < 1.29 is 4.74 Å². The van der Waals surface area contributed by atoms with Crippen molar-refractivity contribution in [2.45, 2.75) is 32.4 Å². The summed E-state index contributed by atoms with van der Waals surface area (Å²) in [6.07, 6.45) is 4.60. The molecule has 0 saturated heterocycles. The van der Waals surface area contributed by atoms with Crippen LogP contribution in [0.25, 0.3) is 16.6 Å². The molecule has 116 valence electrons. The molecule has 2 heterocycles. The molecule has 0 radical (unpaired) electrons. The summed E-state index contributed by atoms with van der Waals surface area (Å²) in [6, 6.07) is 5.06. The van der Waals surface area contributed by atoms with Crippen LogP contribution in [0.4, 0.5) is 0 Å². The smallest absolute Gasteiger partial charge is 0.145 e. The Morgan fingerprint density at radius 1 is 1.45 bits per heavy atom. The standard InChI is InChI=1S/C15H21N5OSi/c1-22(2,3)7-6-21-11-20-5-4-13-14(12(8-16)9-17)18-10-19-15(13)20/h4-5,8,10H,6-7,11,16H2,1-3H3. The minimum Gasteiger partial charge on any atom is -0.403 e. The largest absolute Gasteiger partial charge is 0.403 e. The number of aromatic nitrogens is 3. The topological polar surface area (TPSA) is 89.8 Å². The highest BCUT2D eigenvalue weighted by Gasteiger charge is 2.13. The molecule has 0 fully saturated rings. The number of rotatable bonds is 6. The second-order valence-corrected chi connectivity index (χ2v) is 11.9. The number of nitrogens with zero attached hydrogens (tertiary/aromatic N) is 4. The normalized spacial score (nSPS) is 12.5. The van der Waals surface area contributed by atoms with Gasteiger partial charge in [-0.2, -0.15) is 5.26 Å². The highest BCUT2D eigenvalue weighted by atomic mass is 28.3.